The van der Waals surface area contributed by atoms with E-state index in [0.717, 1.165) is 30.4 Å². The van der Waals surface area contributed by atoms with Gasteiger partial charge in [-0.2, -0.15) is 0 Å². The third kappa shape index (κ3) is 7.25. The third-order valence-corrected chi connectivity index (χ3v) is 6.15. The number of carboxylic acid groups (broad SMARTS) is 1. The first-order valence-electron chi connectivity index (χ1n) is 11.6. The van der Waals surface area contributed by atoms with Gasteiger partial charge in [0.15, 0.2) is 0 Å². The number of benzene rings is 2. The molecule has 7 heteroatoms. The van der Waals surface area contributed by atoms with Crippen LogP contribution in [0.25, 0.3) is 11.1 Å². The van der Waals surface area contributed by atoms with Gasteiger partial charge in [0.1, 0.15) is 12.9 Å². The van der Waals surface area contributed by atoms with E-state index in [1.54, 1.807) is 12.1 Å². The molecule has 182 valence electrons. The first-order valence-corrected chi connectivity index (χ1v) is 11.6. The van der Waals surface area contributed by atoms with Crippen molar-refractivity contribution >= 4 is 11.9 Å². The van der Waals surface area contributed by atoms with E-state index in [1.165, 1.54) is 0 Å². The van der Waals surface area contributed by atoms with Gasteiger partial charge < -0.3 is 24.8 Å². The molecule has 0 radical (unpaired) electrons. The summed E-state index contributed by atoms with van der Waals surface area (Å²) in [6.07, 6.45) is 4.71. The second-order valence-corrected chi connectivity index (χ2v) is 8.49. The van der Waals surface area contributed by atoms with Crippen LogP contribution in [0.3, 0.4) is 0 Å². The lowest BCUT2D eigenvalue weighted by atomic mass is 9.90. The Bertz CT molecular complexity index is 939. The van der Waals surface area contributed by atoms with Gasteiger partial charge >= 0.3 is 11.9 Å². The summed E-state index contributed by atoms with van der Waals surface area (Å²) >= 11 is 0. The minimum Gasteiger partial charge on any atom is -0.481 e. The van der Waals surface area contributed by atoms with Gasteiger partial charge in [0.05, 0.1) is 18.1 Å². The van der Waals surface area contributed by atoms with Crippen molar-refractivity contribution in [2.75, 3.05) is 13.4 Å². The molecule has 3 rings (SSSR count). The van der Waals surface area contributed by atoms with E-state index in [2.05, 4.69) is 0 Å². The molecule has 0 heterocycles. The SMILES string of the molecule is O=C(O)C[C@@H]1[C@@H](C=CCCCCOCO)[C@@H](OC(=O)c2ccc(-c3ccccc3)cc2)C[C@@H]1O. The molecular formula is C27H32O7. The van der Waals surface area contributed by atoms with Crippen LogP contribution in [0.15, 0.2) is 66.7 Å². The standard InChI is InChI=1S/C27H32O7/c28-18-33-15-7-2-1-6-10-22-23(16-26(30)31)24(29)17-25(22)34-27(32)21-13-11-20(12-14-21)19-8-4-3-5-9-19/h3-6,8-14,22-25,28-29H,1-2,7,15-18H2,(H,30,31)/t22-,23-,24+,25+/m1/s1. The molecule has 2 aromatic rings. The van der Waals surface area contributed by atoms with Gasteiger partial charge in [0.25, 0.3) is 0 Å². The summed E-state index contributed by atoms with van der Waals surface area (Å²) in [5.41, 5.74) is 2.44. The molecule has 1 saturated carbocycles. The summed E-state index contributed by atoms with van der Waals surface area (Å²) in [6.45, 7) is 0.173. The molecule has 3 N–H and O–H groups in total. The van der Waals surface area contributed by atoms with Gasteiger partial charge in [-0.05, 0) is 42.5 Å². The summed E-state index contributed by atoms with van der Waals surface area (Å²) in [5, 5.41) is 28.4. The molecule has 1 aliphatic carbocycles. The highest BCUT2D eigenvalue weighted by molar-refractivity contribution is 5.90. The van der Waals surface area contributed by atoms with E-state index in [4.69, 9.17) is 14.6 Å². The number of aliphatic hydroxyl groups excluding tert-OH is 2. The van der Waals surface area contributed by atoms with Crippen molar-refractivity contribution in [2.45, 2.75) is 44.3 Å². The topological polar surface area (TPSA) is 113 Å². The average Bonchev–Trinajstić information content (AvgIpc) is 3.12. The van der Waals surface area contributed by atoms with Crippen LogP contribution < -0.4 is 0 Å². The Morgan fingerprint density at radius 2 is 1.71 bits per heavy atom. The highest BCUT2D eigenvalue weighted by Gasteiger charge is 2.44. The number of aliphatic carboxylic acids is 1. The maximum atomic E-state index is 12.8. The maximum absolute atomic E-state index is 12.8. The molecule has 34 heavy (non-hydrogen) atoms. The summed E-state index contributed by atoms with van der Waals surface area (Å²) in [6, 6.07) is 17.0. The van der Waals surface area contributed by atoms with Crippen molar-refractivity contribution in [1.82, 2.24) is 0 Å². The van der Waals surface area contributed by atoms with Crippen LogP contribution in [0.4, 0.5) is 0 Å². The number of esters is 1. The van der Waals surface area contributed by atoms with Crippen LogP contribution in [0, 0.1) is 11.8 Å². The largest absolute Gasteiger partial charge is 0.481 e. The molecular weight excluding hydrogens is 436 g/mol. The van der Waals surface area contributed by atoms with Gasteiger partial charge in [-0.3, -0.25) is 4.79 Å². The predicted octanol–water partition coefficient (Wildman–Crippen LogP) is 4.04. The number of hydrogen-bond acceptors (Lipinski definition) is 6. The Morgan fingerprint density at radius 3 is 2.38 bits per heavy atom. The van der Waals surface area contributed by atoms with Crippen LogP contribution in [0.5, 0.6) is 0 Å². The van der Waals surface area contributed by atoms with Crippen molar-refractivity contribution in [1.29, 1.82) is 0 Å². The maximum Gasteiger partial charge on any atom is 0.338 e. The van der Waals surface area contributed by atoms with Crippen molar-refractivity contribution in [3.05, 3.63) is 72.3 Å². The number of aliphatic hydroxyl groups is 2. The molecule has 0 aliphatic heterocycles. The van der Waals surface area contributed by atoms with Crippen LogP contribution >= 0.6 is 0 Å². The zero-order valence-electron chi connectivity index (χ0n) is 19.1. The normalized spacial score (nSPS) is 22.2. The number of carbonyl (C=O) groups is 2. The Balaban J connectivity index is 1.65. The van der Waals surface area contributed by atoms with E-state index >= 15 is 0 Å². The molecule has 1 fully saturated rings. The highest BCUT2D eigenvalue weighted by atomic mass is 16.6. The second kappa shape index (κ2) is 13.0. The molecule has 7 nitrogen and oxygen atoms in total. The minimum atomic E-state index is -0.993. The average molecular weight is 469 g/mol. The molecule has 0 spiro atoms. The molecule has 4 atom stereocenters. The van der Waals surface area contributed by atoms with Gasteiger partial charge in [-0.25, -0.2) is 4.79 Å². The predicted molar refractivity (Wildman–Crippen MR) is 127 cm³/mol. The van der Waals surface area contributed by atoms with E-state index in [9.17, 15) is 19.8 Å². The molecule has 0 aromatic heterocycles. The Hall–Kier alpha value is -3.00. The first-order chi connectivity index (χ1) is 16.5. The molecule has 0 saturated heterocycles. The second-order valence-electron chi connectivity index (χ2n) is 8.49. The van der Waals surface area contributed by atoms with E-state index in [0.29, 0.717) is 12.2 Å². The number of allylic oxidation sites excluding steroid dienone is 1. The Morgan fingerprint density at radius 1 is 1.00 bits per heavy atom. The number of ether oxygens (including phenoxy) is 2. The lowest BCUT2D eigenvalue weighted by Gasteiger charge is -2.21. The monoisotopic (exact) mass is 468 g/mol. The molecule has 0 unspecified atom stereocenters. The minimum absolute atomic E-state index is 0.194. The number of hydrogen-bond donors (Lipinski definition) is 3. The van der Waals surface area contributed by atoms with Crippen molar-refractivity contribution in [3.8, 4) is 11.1 Å². The Labute approximate surface area is 199 Å². The van der Waals surface area contributed by atoms with Crippen LogP contribution in [-0.4, -0.2) is 52.9 Å². The quantitative estimate of drug-likeness (QED) is 0.186. The zero-order valence-corrected chi connectivity index (χ0v) is 19.1. The van der Waals surface area contributed by atoms with E-state index in [-0.39, 0.29) is 25.6 Å². The van der Waals surface area contributed by atoms with Gasteiger partial charge in [0, 0.05) is 24.9 Å². The van der Waals surface area contributed by atoms with Gasteiger partial charge in [-0.1, -0.05) is 54.6 Å². The number of unbranched alkanes of at least 4 members (excludes halogenated alkanes) is 2. The number of rotatable bonds is 12. The lowest BCUT2D eigenvalue weighted by Crippen LogP contribution is -2.26. The summed E-state index contributed by atoms with van der Waals surface area (Å²) in [4.78, 5) is 24.2. The summed E-state index contributed by atoms with van der Waals surface area (Å²) in [7, 11) is 0. The fourth-order valence-electron chi connectivity index (χ4n) is 4.39. The van der Waals surface area contributed by atoms with Crippen molar-refractivity contribution in [2.24, 2.45) is 11.8 Å². The highest BCUT2D eigenvalue weighted by Crippen LogP contribution is 2.38. The summed E-state index contributed by atoms with van der Waals surface area (Å²) in [5.74, 6) is -2.39. The fraction of sp³-hybridized carbons (Fsp3) is 0.407. The first kappa shape index (κ1) is 25.6. The number of carbonyl (C=O) groups excluding carboxylic acids is 1. The van der Waals surface area contributed by atoms with Gasteiger partial charge in [-0.15, -0.1) is 0 Å². The van der Waals surface area contributed by atoms with E-state index < -0.39 is 30.1 Å². The van der Waals surface area contributed by atoms with Crippen LogP contribution in [0.1, 0.15) is 42.5 Å². The zero-order chi connectivity index (χ0) is 24.3. The van der Waals surface area contributed by atoms with Crippen molar-refractivity contribution < 1.29 is 34.4 Å². The molecule has 0 bridgehead atoms. The molecule has 2 aromatic carbocycles. The van der Waals surface area contributed by atoms with Gasteiger partial charge in [0.2, 0.25) is 0 Å². The fourth-order valence-corrected chi connectivity index (χ4v) is 4.39. The number of carboxylic acids is 1. The van der Waals surface area contributed by atoms with Crippen LogP contribution in [0.2, 0.25) is 0 Å². The lowest BCUT2D eigenvalue weighted by molar-refractivity contribution is -0.139. The summed E-state index contributed by atoms with van der Waals surface area (Å²) < 4.78 is 10.7. The third-order valence-electron chi connectivity index (χ3n) is 6.15. The Kier molecular flexibility index (Phi) is 9.82. The molecule has 0 amide bonds. The molecule has 1 aliphatic rings. The van der Waals surface area contributed by atoms with Crippen LogP contribution in [-0.2, 0) is 14.3 Å². The smallest absolute Gasteiger partial charge is 0.338 e. The van der Waals surface area contributed by atoms with E-state index in [1.807, 2.05) is 54.6 Å². The van der Waals surface area contributed by atoms with Crippen molar-refractivity contribution in [3.63, 3.8) is 0 Å².